The Bertz CT molecular complexity index is 1780. The van der Waals surface area contributed by atoms with E-state index in [2.05, 4.69) is 5.32 Å². The van der Waals surface area contributed by atoms with Gasteiger partial charge >= 0.3 is 0 Å². The van der Waals surface area contributed by atoms with Gasteiger partial charge in [-0.3, -0.25) is 14.4 Å². The maximum Gasteiger partial charge on any atom is 0.238 e. The molecule has 41 heavy (non-hydrogen) atoms. The number of benzene rings is 4. The molecule has 0 aliphatic carbocycles. The van der Waals surface area contributed by atoms with Gasteiger partial charge in [0.2, 0.25) is 5.91 Å². The van der Waals surface area contributed by atoms with Crippen molar-refractivity contribution in [2.45, 2.75) is 24.4 Å². The van der Waals surface area contributed by atoms with Gasteiger partial charge in [0.1, 0.15) is 11.5 Å². The van der Waals surface area contributed by atoms with E-state index in [9.17, 15) is 14.4 Å². The zero-order chi connectivity index (χ0) is 28.5. The van der Waals surface area contributed by atoms with Crippen molar-refractivity contribution in [3.8, 4) is 0 Å². The molecule has 1 amide bonds. The van der Waals surface area contributed by atoms with Crippen LogP contribution in [0.5, 0.6) is 0 Å². The van der Waals surface area contributed by atoms with Gasteiger partial charge in [0.05, 0.1) is 12.0 Å². The Hall–Kier alpha value is -4.19. The summed E-state index contributed by atoms with van der Waals surface area (Å²) in [5.41, 5.74) is 3.33. The van der Waals surface area contributed by atoms with Crippen LogP contribution in [0.2, 0.25) is 10.0 Å². The molecule has 3 heterocycles. The highest BCUT2D eigenvalue weighted by Gasteiger charge is 2.70. The lowest BCUT2D eigenvalue weighted by Gasteiger charge is -2.37. The summed E-state index contributed by atoms with van der Waals surface area (Å²) in [6, 6.07) is 25.3. The molecule has 7 rings (SSSR count). The standard InChI is InChI=1S/C34H24Cl2N2O3/c1-19-6-8-21(9-7-19)31(39)29-30(32(40)22-10-13-23(35)14-11-22)38-27-5-3-2-4-20(27)12-17-28(38)34(29)25-18-24(36)15-16-26(25)37-33(34)41/h2-18,28-30H,1H3,(H,37,41)/t28?,29-,30-,34+/m1/s1. The second-order valence-electron chi connectivity index (χ2n) is 10.8. The largest absolute Gasteiger partial charge is 0.352 e. The molecule has 0 saturated carbocycles. The van der Waals surface area contributed by atoms with Crippen LogP contribution in [-0.4, -0.2) is 29.6 Å². The number of para-hydroxylation sites is 1. The van der Waals surface area contributed by atoms with E-state index in [1.807, 2.05) is 60.4 Å². The number of rotatable bonds is 4. The molecule has 7 heteroatoms. The van der Waals surface area contributed by atoms with Crippen molar-refractivity contribution >= 4 is 58.1 Å². The number of nitrogens with one attached hydrogen (secondary N) is 1. The lowest BCUT2D eigenvalue weighted by atomic mass is 9.64. The molecule has 1 fully saturated rings. The molecule has 1 spiro atoms. The lowest BCUT2D eigenvalue weighted by Crippen LogP contribution is -2.51. The Morgan fingerprint density at radius 1 is 0.829 bits per heavy atom. The maximum atomic E-state index is 14.8. The molecule has 0 aromatic heterocycles. The van der Waals surface area contributed by atoms with Crippen LogP contribution in [0.4, 0.5) is 11.4 Å². The molecular formula is C34H24Cl2N2O3. The predicted octanol–water partition coefficient (Wildman–Crippen LogP) is 7.16. The number of hydrogen-bond acceptors (Lipinski definition) is 4. The monoisotopic (exact) mass is 578 g/mol. The highest BCUT2D eigenvalue weighted by atomic mass is 35.5. The van der Waals surface area contributed by atoms with Crippen molar-refractivity contribution in [2.75, 3.05) is 10.2 Å². The first-order valence-corrected chi connectivity index (χ1v) is 14.1. The van der Waals surface area contributed by atoms with Gasteiger partial charge in [-0.05, 0) is 66.6 Å². The number of carbonyl (C=O) groups excluding carboxylic acids is 3. The molecule has 3 aliphatic heterocycles. The van der Waals surface area contributed by atoms with Crippen molar-refractivity contribution in [3.05, 3.63) is 135 Å². The van der Waals surface area contributed by atoms with Crippen molar-refractivity contribution in [3.63, 3.8) is 0 Å². The minimum Gasteiger partial charge on any atom is -0.352 e. The number of amides is 1. The fraction of sp³-hybridized carbons (Fsp3) is 0.147. The molecule has 1 unspecified atom stereocenters. The topological polar surface area (TPSA) is 66.5 Å². The first-order valence-electron chi connectivity index (χ1n) is 13.4. The fourth-order valence-corrected chi connectivity index (χ4v) is 7.12. The number of nitrogens with zero attached hydrogens (tertiary/aromatic N) is 1. The minimum absolute atomic E-state index is 0.262. The Kier molecular flexibility index (Phi) is 5.93. The van der Waals surface area contributed by atoms with Crippen molar-refractivity contribution < 1.29 is 14.4 Å². The highest BCUT2D eigenvalue weighted by molar-refractivity contribution is 6.31. The number of Topliss-reactive ketones (excluding diaryl/α,β-unsaturated/α-hetero) is 2. The Morgan fingerprint density at radius 3 is 2.24 bits per heavy atom. The van der Waals surface area contributed by atoms with Crippen molar-refractivity contribution in [1.82, 2.24) is 0 Å². The van der Waals surface area contributed by atoms with Gasteiger partial charge in [-0.25, -0.2) is 0 Å². The van der Waals surface area contributed by atoms with Gasteiger partial charge in [-0.1, -0.05) is 83.4 Å². The molecule has 202 valence electrons. The average molecular weight is 579 g/mol. The first-order chi connectivity index (χ1) is 19.8. The first kappa shape index (κ1) is 25.8. The normalized spacial score (nSPS) is 23.6. The van der Waals surface area contributed by atoms with Crippen LogP contribution < -0.4 is 10.2 Å². The van der Waals surface area contributed by atoms with Gasteiger partial charge in [-0.15, -0.1) is 0 Å². The second kappa shape index (κ2) is 9.44. The predicted molar refractivity (Wildman–Crippen MR) is 162 cm³/mol. The maximum absolute atomic E-state index is 14.8. The summed E-state index contributed by atoms with van der Waals surface area (Å²) in [6.07, 6.45) is 3.92. The van der Waals surface area contributed by atoms with E-state index in [4.69, 9.17) is 23.2 Å². The van der Waals surface area contributed by atoms with E-state index in [0.29, 0.717) is 32.4 Å². The van der Waals surface area contributed by atoms with Gasteiger partial charge in [0.25, 0.3) is 0 Å². The number of aryl methyl sites for hydroxylation is 1. The van der Waals surface area contributed by atoms with Crippen molar-refractivity contribution in [2.24, 2.45) is 5.92 Å². The van der Waals surface area contributed by atoms with Crippen molar-refractivity contribution in [1.29, 1.82) is 0 Å². The van der Waals surface area contributed by atoms with Crippen LogP contribution in [0.25, 0.3) is 6.08 Å². The summed E-state index contributed by atoms with van der Waals surface area (Å²) in [4.78, 5) is 45.8. The number of anilines is 2. The number of fused-ring (bicyclic) bond motifs is 6. The zero-order valence-corrected chi connectivity index (χ0v) is 23.5. The quantitative estimate of drug-likeness (QED) is 0.261. The molecule has 0 radical (unpaired) electrons. The Morgan fingerprint density at radius 2 is 1.49 bits per heavy atom. The third-order valence-electron chi connectivity index (χ3n) is 8.61. The van der Waals surface area contributed by atoms with E-state index in [0.717, 1.165) is 16.8 Å². The third kappa shape index (κ3) is 3.73. The van der Waals surface area contributed by atoms with Gasteiger partial charge < -0.3 is 10.2 Å². The number of hydrogen-bond donors (Lipinski definition) is 1. The second-order valence-corrected chi connectivity index (χ2v) is 11.7. The molecule has 4 aromatic carbocycles. The zero-order valence-electron chi connectivity index (χ0n) is 22.0. The molecule has 1 N–H and O–H groups in total. The molecule has 4 atom stereocenters. The molecule has 1 saturated heterocycles. The van der Waals surface area contributed by atoms with Crippen LogP contribution >= 0.6 is 23.2 Å². The molecule has 3 aliphatic rings. The van der Waals surface area contributed by atoms with Crippen LogP contribution in [0.1, 0.15) is 37.4 Å². The summed E-state index contributed by atoms with van der Waals surface area (Å²) >= 11 is 12.7. The smallest absolute Gasteiger partial charge is 0.238 e. The number of carbonyl (C=O) groups is 3. The van der Waals surface area contributed by atoms with Gasteiger partial charge in [0.15, 0.2) is 11.6 Å². The van der Waals surface area contributed by atoms with E-state index in [-0.39, 0.29) is 17.5 Å². The Balaban J connectivity index is 1.54. The van der Waals surface area contributed by atoms with E-state index in [1.165, 1.54) is 0 Å². The average Bonchev–Trinajstić information content (AvgIpc) is 3.45. The summed E-state index contributed by atoms with van der Waals surface area (Å²) < 4.78 is 0. The SMILES string of the molecule is Cc1ccc(C(=O)[C@H]2[C@H](C(=O)c3ccc(Cl)cc3)N3c4ccccc4C=CC3[C@]23C(=O)Nc2ccc(Cl)cc23)cc1. The van der Waals surface area contributed by atoms with E-state index < -0.39 is 23.4 Å². The minimum atomic E-state index is -1.42. The molecule has 5 nitrogen and oxygen atoms in total. The van der Waals surface area contributed by atoms with Gasteiger partial charge in [0, 0.05) is 32.5 Å². The third-order valence-corrected chi connectivity index (χ3v) is 9.10. The lowest BCUT2D eigenvalue weighted by molar-refractivity contribution is -0.121. The van der Waals surface area contributed by atoms with Crippen LogP contribution in [-0.2, 0) is 10.2 Å². The summed E-state index contributed by atoms with van der Waals surface area (Å²) in [6.45, 7) is 1.95. The Labute approximate surface area is 247 Å². The van der Waals surface area contributed by atoms with E-state index in [1.54, 1.807) is 54.6 Å². The summed E-state index contributed by atoms with van der Waals surface area (Å²) in [5, 5.41) is 3.97. The summed E-state index contributed by atoms with van der Waals surface area (Å²) in [5.74, 6) is -1.93. The van der Waals surface area contributed by atoms with Crippen LogP contribution in [0.3, 0.4) is 0 Å². The molecular weight excluding hydrogens is 555 g/mol. The van der Waals surface area contributed by atoms with Gasteiger partial charge in [-0.2, -0.15) is 0 Å². The fourth-order valence-electron chi connectivity index (χ4n) is 6.82. The number of ketones is 2. The van der Waals surface area contributed by atoms with E-state index >= 15 is 0 Å². The summed E-state index contributed by atoms with van der Waals surface area (Å²) in [7, 11) is 0. The molecule has 0 bridgehead atoms. The molecule has 4 aromatic rings. The van der Waals surface area contributed by atoms with Crippen LogP contribution in [0.15, 0.2) is 97.1 Å². The highest BCUT2D eigenvalue weighted by Crippen LogP contribution is 2.58. The van der Waals surface area contributed by atoms with Crippen LogP contribution in [0, 0.1) is 12.8 Å². The number of halogens is 2.